The molecule has 1 aliphatic heterocycles. The van der Waals surface area contributed by atoms with Crippen LogP contribution >= 0.6 is 11.6 Å². The molecular weight excluding hydrogens is 231 g/mol. The predicted octanol–water partition coefficient (Wildman–Crippen LogP) is 3.58. The van der Waals surface area contributed by atoms with E-state index in [1.54, 1.807) is 24.3 Å². The maximum atomic E-state index is 13.6. The van der Waals surface area contributed by atoms with Crippen molar-refractivity contribution < 1.29 is 13.9 Å². The summed E-state index contributed by atoms with van der Waals surface area (Å²) in [5.74, 6) is -0.303. The lowest BCUT2D eigenvalue weighted by Crippen LogP contribution is -1.94. The quantitative estimate of drug-likeness (QED) is 0.805. The number of halogens is 2. The van der Waals surface area contributed by atoms with Crippen molar-refractivity contribution in [2.75, 3.05) is 13.2 Å². The van der Waals surface area contributed by atoms with Crippen molar-refractivity contribution in [1.29, 1.82) is 0 Å². The molecule has 0 unspecified atom stereocenters. The summed E-state index contributed by atoms with van der Waals surface area (Å²) < 4.78 is 23.9. The van der Waals surface area contributed by atoms with Gasteiger partial charge in [0.05, 0.1) is 13.2 Å². The second-order valence-corrected chi connectivity index (χ2v) is 3.77. The minimum absolute atomic E-state index is 0.303. The van der Waals surface area contributed by atoms with Gasteiger partial charge in [-0.25, -0.2) is 4.39 Å². The number of benzene rings is 1. The van der Waals surface area contributed by atoms with E-state index in [4.69, 9.17) is 21.1 Å². The monoisotopic (exact) mass is 241 g/mol. The van der Waals surface area contributed by atoms with Crippen molar-refractivity contribution >= 4 is 17.4 Å². The van der Waals surface area contributed by atoms with Crippen LogP contribution < -0.4 is 0 Å². The van der Waals surface area contributed by atoms with Gasteiger partial charge in [-0.2, -0.15) is 0 Å². The van der Waals surface area contributed by atoms with Gasteiger partial charge >= 0.3 is 0 Å². The van der Waals surface area contributed by atoms with Crippen molar-refractivity contribution in [3.05, 3.63) is 47.2 Å². The van der Waals surface area contributed by atoms with E-state index in [9.17, 15) is 4.39 Å². The fourth-order valence-electron chi connectivity index (χ4n) is 1.37. The van der Waals surface area contributed by atoms with Crippen LogP contribution in [0.1, 0.15) is 12.0 Å². The molecule has 0 saturated carbocycles. The average molecular weight is 242 g/mol. The van der Waals surface area contributed by atoms with Crippen molar-refractivity contribution in [3.63, 3.8) is 0 Å². The fraction of sp³-hybridized carbons (Fsp3) is 0.250. The van der Waals surface area contributed by atoms with Crippen LogP contribution in [0.15, 0.2) is 30.3 Å². The van der Waals surface area contributed by atoms with Crippen molar-refractivity contribution in [1.82, 2.24) is 0 Å². The molecule has 2 nitrogen and oxygen atoms in total. The lowest BCUT2D eigenvalue weighted by atomic mass is 10.2. The Kier molecular flexibility index (Phi) is 3.93. The zero-order valence-electron chi connectivity index (χ0n) is 8.58. The van der Waals surface area contributed by atoms with Crippen LogP contribution in [0.2, 0.25) is 5.02 Å². The van der Waals surface area contributed by atoms with Crippen LogP contribution in [-0.4, -0.2) is 13.2 Å². The molecule has 0 amide bonds. The third kappa shape index (κ3) is 3.04. The highest BCUT2D eigenvalue weighted by Gasteiger charge is 2.16. The molecule has 0 aliphatic carbocycles. The first kappa shape index (κ1) is 11.6. The van der Waals surface area contributed by atoms with Crippen molar-refractivity contribution in [3.8, 4) is 0 Å². The Balaban J connectivity index is 1.97. The Morgan fingerprint density at radius 2 is 1.88 bits per heavy atom. The Bertz CT molecular complexity index is 369. The summed E-state index contributed by atoms with van der Waals surface area (Å²) >= 11 is 5.71. The third-order valence-corrected chi connectivity index (χ3v) is 2.43. The van der Waals surface area contributed by atoms with Gasteiger partial charge in [-0.1, -0.05) is 23.7 Å². The molecular formula is C12H11ClFO2. The molecule has 1 saturated heterocycles. The van der Waals surface area contributed by atoms with Gasteiger partial charge in [-0.15, -0.1) is 0 Å². The van der Waals surface area contributed by atoms with Crippen LogP contribution in [0, 0.1) is 6.29 Å². The summed E-state index contributed by atoms with van der Waals surface area (Å²) in [7, 11) is 0. The Morgan fingerprint density at radius 1 is 1.25 bits per heavy atom. The number of rotatable bonds is 3. The molecule has 2 rings (SSSR count). The van der Waals surface area contributed by atoms with Gasteiger partial charge < -0.3 is 9.47 Å². The maximum absolute atomic E-state index is 13.6. The minimum atomic E-state index is -0.303. The van der Waals surface area contributed by atoms with Crippen molar-refractivity contribution in [2.45, 2.75) is 6.42 Å². The molecule has 1 aromatic carbocycles. The summed E-state index contributed by atoms with van der Waals surface area (Å²) in [6.07, 6.45) is 2.25. The number of ether oxygens (including phenoxy) is 2. The highest BCUT2D eigenvalue weighted by molar-refractivity contribution is 6.30. The largest absolute Gasteiger partial charge is 0.343 e. The molecule has 0 aromatic heterocycles. The smallest absolute Gasteiger partial charge is 0.227 e. The van der Waals surface area contributed by atoms with Gasteiger partial charge in [0, 0.05) is 17.0 Å². The Labute approximate surface area is 98.6 Å². The molecule has 1 radical (unpaired) electrons. The minimum Gasteiger partial charge on any atom is -0.343 e. The van der Waals surface area contributed by atoms with Crippen LogP contribution in [-0.2, 0) is 9.47 Å². The first-order chi connectivity index (χ1) is 7.75. The van der Waals surface area contributed by atoms with E-state index in [2.05, 4.69) is 0 Å². The summed E-state index contributed by atoms with van der Waals surface area (Å²) in [6, 6.07) is 6.57. The first-order valence-electron chi connectivity index (χ1n) is 4.99. The molecule has 1 aromatic rings. The highest BCUT2D eigenvalue weighted by atomic mass is 35.5. The highest BCUT2D eigenvalue weighted by Crippen LogP contribution is 2.23. The van der Waals surface area contributed by atoms with E-state index in [1.807, 2.05) is 0 Å². The summed E-state index contributed by atoms with van der Waals surface area (Å²) in [5, 5.41) is 0.591. The molecule has 0 spiro atoms. The summed E-state index contributed by atoms with van der Waals surface area (Å²) in [4.78, 5) is 0. The van der Waals surface area contributed by atoms with Crippen LogP contribution in [0.3, 0.4) is 0 Å². The summed E-state index contributed by atoms with van der Waals surface area (Å²) in [5.41, 5.74) is 0.503. The first-order valence-corrected chi connectivity index (χ1v) is 5.36. The van der Waals surface area contributed by atoms with E-state index in [0.29, 0.717) is 36.5 Å². The number of hydrogen-bond donors (Lipinski definition) is 0. The molecule has 0 atom stereocenters. The van der Waals surface area contributed by atoms with Gasteiger partial charge in [0.15, 0.2) is 0 Å². The van der Waals surface area contributed by atoms with Crippen LogP contribution in [0.4, 0.5) is 4.39 Å². The lowest BCUT2D eigenvalue weighted by Gasteiger charge is -2.03. The summed E-state index contributed by atoms with van der Waals surface area (Å²) in [6.45, 7) is 1.09. The van der Waals surface area contributed by atoms with Crippen LogP contribution in [0.5, 0.6) is 0 Å². The van der Waals surface area contributed by atoms with E-state index in [-0.39, 0.29) is 5.83 Å². The van der Waals surface area contributed by atoms with Gasteiger partial charge in [-0.05, 0) is 18.2 Å². The molecule has 4 heteroatoms. The SMILES string of the molecule is FC(=CC[C]1OCCO1)c1ccc(Cl)cc1. The third-order valence-electron chi connectivity index (χ3n) is 2.18. The standard InChI is InChI=1S/C12H11ClFO2/c13-10-3-1-9(2-4-10)11(14)5-6-12-15-7-8-16-12/h1-5H,6-8H2. The van der Waals surface area contributed by atoms with Gasteiger partial charge in [0.2, 0.25) is 6.29 Å². The van der Waals surface area contributed by atoms with Crippen LogP contribution in [0.25, 0.3) is 5.83 Å². The molecule has 1 aliphatic rings. The van der Waals surface area contributed by atoms with Crippen molar-refractivity contribution in [2.24, 2.45) is 0 Å². The second kappa shape index (κ2) is 5.43. The molecule has 85 valence electrons. The topological polar surface area (TPSA) is 18.5 Å². The molecule has 1 fully saturated rings. The van der Waals surface area contributed by atoms with Gasteiger partial charge in [-0.3, -0.25) is 0 Å². The van der Waals surface area contributed by atoms with E-state index >= 15 is 0 Å². The van der Waals surface area contributed by atoms with Gasteiger partial charge in [0.1, 0.15) is 5.83 Å². The fourth-order valence-corrected chi connectivity index (χ4v) is 1.50. The molecule has 16 heavy (non-hydrogen) atoms. The van der Waals surface area contributed by atoms with E-state index in [1.165, 1.54) is 6.08 Å². The maximum Gasteiger partial charge on any atom is 0.227 e. The Hall–Kier alpha value is -0.900. The average Bonchev–Trinajstić information content (AvgIpc) is 2.80. The molecule has 0 bridgehead atoms. The Morgan fingerprint density at radius 3 is 2.50 bits per heavy atom. The zero-order valence-corrected chi connectivity index (χ0v) is 9.34. The number of hydrogen-bond acceptors (Lipinski definition) is 2. The normalized spacial score (nSPS) is 18.0. The predicted molar refractivity (Wildman–Crippen MR) is 60.3 cm³/mol. The molecule has 1 heterocycles. The molecule has 0 N–H and O–H groups in total. The zero-order chi connectivity index (χ0) is 11.4. The van der Waals surface area contributed by atoms with Gasteiger partial charge in [0.25, 0.3) is 0 Å². The van der Waals surface area contributed by atoms with E-state index in [0.717, 1.165) is 0 Å². The van der Waals surface area contributed by atoms with E-state index < -0.39 is 0 Å². The second-order valence-electron chi connectivity index (χ2n) is 3.33. The lowest BCUT2D eigenvalue weighted by molar-refractivity contribution is 0.0734.